The monoisotopic (exact) mass is 369 g/mol. The van der Waals surface area contributed by atoms with Gasteiger partial charge in [-0.05, 0) is 0 Å². The molecule has 2 aromatic rings. The maximum Gasteiger partial charge on any atom is 0.0660 e. The van der Waals surface area contributed by atoms with E-state index in [1.807, 2.05) is 0 Å². The molecular formula is C17H25Si5. The molecule has 0 spiro atoms. The van der Waals surface area contributed by atoms with E-state index >= 15 is 0 Å². The Kier molecular flexibility index (Phi) is 6.01. The SMILES string of the molecule is C[Si][Si][Si]([Si](C)(C)c1ccccc1)[Si](C)(C)c1ccccc1. The largest absolute Gasteiger partial charge is 0.0761 e. The zero-order chi connectivity index (χ0) is 16.2. The molecule has 0 aliphatic carbocycles. The van der Waals surface area contributed by atoms with Crippen LogP contribution in [0.3, 0.4) is 0 Å². The van der Waals surface area contributed by atoms with Crippen molar-refractivity contribution in [3.8, 4) is 0 Å². The van der Waals surface area contributed by atoms with Crippen LogP contribution in [-0.4, -0.2) is 40.1 Å². The van der Waals surface area contributed by atoms with Gasteiger partial charge in [0.05, 0.1) is 15.2 Å². The van der Waals surface area contributed by atoms with Crippen LogP contribution >= 0.6 is 0 Å². The summed E-state index contributed by atoms with van der Waals surface area (Å²) < 4.78 is 0. The van der Waals surface area contributed by atoms with Crippen LogP contribution in [0.15, 0.2) is 60.7 Å². The van der Waals surface area contributed by atoms with Crippen molar-refractivity contribution in [2.75, 3.05) is 0 Å². The van der Waals surface area contributed by atoms with Gasteiger partial charge in [-0.15, -0.1) is 0 Å². The summed E-state index contributed by atoms with van der Waals surface area (Å²) in [7, 11) is -0.735. The van der Waals surface area contributed by atoms with Gasteiger partial charge in [-0.2, -0.15) is 0 Å². The van der Waals surface area contributed by atoms with Crippen LogP contribution in [0, 0.1) is 0 Å². The van der Waals surface area contributed by atoms with E-state index in [-0.39, 0.29) is 7.35 Å². The van der Waals surface area contributed by atoms with Crippen LogP contribution in [0.5, 0.6) is 0 Å². The molecule has 0 fully saturated rings. The van der Waals surface area contributed by atoms with Gasteiger partial charge in [0.1, 0.15) is 0 Å². The van der Waals surface area contributed by atoms with Gasteiger partial charge in [-0.1, -0.05) is 104 Å². The Hall–Kier alpha value is -0.476. The maximum absolute atomic E-state index is 2.64. The Bertz CT molecular complexity index is 529. The Morgan fingerprint density at radius 2 is 1.05 bits per heavy atom. The molecule has 2 rings (SSSR count). The summed E-state index contributed by atoms with van der Waals surface area (Å²) >= 11 is 0. The molecule has 113 valence electrons. The molecule has 0 nitrogen and oxygen atoms in total. The molecule has 5 heteroatoms. The minimum atomic E-state index is -1.37. The van der Waals surface area contributed by atoms with E-state index in [2.05, 4.69) is 93.4 Å². The van der Waals surface area contributed by atoms with Gasteiger partial charge in [0, 0.05) is 24.9 Å². The lowest BCUT2D eigenvalue weighted by Gasteiger charge is -2.42. The predicted octanol–water partition coefficient (Wildman–Crippen LogP) is 2.74. The van der Waals surface area contributed by atoms with E-state index in [9.17, 15) is 0 Å². The van der Waals surface area contributed by atoms with Crippen LogP contribution < -0.4 is 10.4 Å². The third-order valence-electron chi connectivity index (χ3n) is 4.49. The van der Waals surface area contributed by atoms with Crippen LogP contribution in [0.1, 0.15) is 0 Å². The second-order valence-electron chi connectivity index (χ2n) is 6.73. The van der Waals surface area contributed by atoms with Crippen molar-refractivity contribution in [3.63, 3.8) is 0 Å². The molecule has 0 saturated heterocycles. The molecule has 2 aromatic carbocycles. The van der Waals surface area contributed by atoms with Crippen molar-refractivity contribution in [1.29, 1.82) is 0 Å². The minimum absolute atomic E-state index is 0.335. The second kappa shape index (κ2) is 7.40. The zero-order valence-electron chi connectivity index (χ0n) is 14.3. The van der Waals surface area contributed by atoms with Crippen molar-refractivity contribution >= 4 is 50.5 Å². The highest BCUT2D eigenvalue weighted by Crippen LogP contribution is 2.18. The summed E-state index contributed by atoms with van der Waals surface area (Å²) in [6.45, 7) is 13.0. The van der Waals surface area contributed by atoms with Crippen LogP contribution in [-0.2, 0) is 0 Å². The summed E-state index contributed by atoms with van der Waals surface area (Å²) in [6.07, 6.45) is 0. The molecule has 0 aromatic heterocycles. The van der Waals surface area contributed by atoms with Crippen LogP contribution in [0.2, 0.25) is 32.7 Å². The zero-order valence-corrected chi connectivity index (χ0v) is 19.3. The van der Waals surface area contributed by atoms with Gasteiger partial charge < -0.3 is 0 Å². The average Bonchev–Trinajstić information content (AvgIpc) is 2.54. The molecule has 0 N–H and O–H groups in total. The lowest BCUT2D eigenvalue weighted by Crippen LogP contribution is -2.74. The molecule has 0 amide bonds. The van der Waals surface area contributed by atoms with Crippen molar-refractivity contribution in [3.05, 3.63) is 60.7 Å². The maximum atomic E-state index is 2.64. The average molecular weight is 370 g/mol. The molecule has 0 atom stereocenters. The first-order valence-electron chi connectivity index (χ1n) is 7.82. The summed E-state index contributed by atoms with van der Waals surface area (Å²) in [4.78, 5) is 0. The van der Waals surface area contributed by atoms with Gasteiger partial charge in [0.2, 0.25) is 0 Å². The summed E-state index contributed by atoms with van der Waals surface area (Å²) in [5.74, 6) is 0. The third kappa shape index (κ3) is 3.71. The van der Waals surface area contributed by atoms with E-state index in [0.29, 0.717) is 0 Å². The second-order valence-corrected chi connectivity index (χ2v) is 36.9. The first-order valence-corrected chi connectivity index (χ1v) is 21.8. The normalized spacial score (nSPS) is 12.6. The standard InChI is InChI=1S/C17H25Si5/c1-18-19-20(21(2,3)16-12-8-6-9-13-16)22(4,5)17-14-10-7-11-15-17/h6-15H,1-5H3. The fourth-order valence-electron chi connectivity index (χ4n) is 3.22. The third-order valence-corrected chi connectivity index (χ3v) is 55.5. The highest BCUT2D eigenvalue weighted by Gasteiger charge is 2.45. The topological polar surface area (TPSA) is 0 Å². The van der Waals surface area contributed by atoms with Crippen molar-refractivity contribution in [2.24, 2.45) is 0 Å². The van der Waals surface area contributed by atoms with Crippen molar-refractivity contribution in [1.82, 2.24) is 0 Å². The molecular weight excluding hydrogens is 345 g/mol. The number of hydrogen-bond donors (Lipinski definition) is 0. The van der Waals surface area contributed by atoms with Gasteiger partial charge in [-0.3, -0.25) is 0 Å². The molecule has 0 bridgehead atoms. The number of rotatable bonds is 6. The van der Waals surface area contributed by atoms with Crippen LogP contribution in [0.25, 0.3) is 0 Å². The smallest absolute Gasteiger partial charge is 0.0660 e. The fourth-order valence-corrected chi connectivity index (χ4v) is 69.1. The summed E-state index contributed by atoms with van der Waals surface area (Å²) in [6, 6.07) is 22.8. The van der Waals surface area contributed by atoms with E-state index in [1.165, 1.54) is 8.55 Å². The highest BCUT2D eigenvalue weighted by atomic mass is 30.0. The van der Waals surface area contributed by atoms with Gasteiger partial charge >= 0.3 is 0 Å². The van der Waals surface area contributed by atoms with Gasteiger partial charge in [0.15, 0.2) is 0 Å². The van der Waals surface area contributed by atoms with E-state index in [1.54, 1.807) is 10.4 Å². The first-order chi connectivity index (χ1) is 10.4. The van der Waals surface area contributed by atoms with E-state index < -0.39 is 15.2 Å². The molecule has 0 heterocycles. The van der Waals surface area contributed by atoms with Crippen LogP contribution in [0.4, 0.5) is 0 Å². The number of benzene rings is 2. The van der Waals surface area contributed by atoms with E-state index in [0.717, 1.165) is 9.04 Å². The number of hydrogen-bond acceptors (Lipinski definition) is 0. The lowest BCUT2D eigenvalue weighted by molar-refractivity contribution is 1.72. The fraction of sp³-hybridized carbons (Fsp3) is 0.294. The molecule has 22 heavy (non-hydrogen) atoms. The molecule has 0 aliphatic heterocycles. The summed E-state index contributed by atoms with van der Waals surface area (Å²) in [5, 5.41) is 3.34. The molecule has 0 unspecified atom stereocenters. The van der Waals surface area contributed by atoms with Gasteiger partial charge in [0.25, 0.3) is 0 Å². The van der Waals surface area contributed by atoms with Gasteiger partial charge in [-0.25, -0.2) is 0 Å². The van der Waals surface area contributed by atoms with Crippen molar-refractivity contribution < 1.29 is 0 Å². The Morgan fingerprint density at radius 3 is 1.36 bits per heavy atom. The predicted molar refractivity (Wildman–Crippen MR) is 110 cm³/mol. The first kappa shape index (κ1) is 17.9. The summed E-state index contributed by atoms with van der Waals surface area (Å²) in [5.41, 5.74) is 0. The quantitative estimate of drug-likeness (QED) is 0.687. The Morgan fingerprint density at radius 1 is 0.682 bits per heavy atom. The van der Waals surface area contributed by atoms with Crippen molar-refractivity contribution in [2.45, 2.75) is 32.7 Å². The van der Waals surface area contributed by atoms with E-state index in [4.69, 9.17) is 0 Å². The Labute approximate surface area is 143 Å². The minimum Gasteiger partial charge on any atom is -0.0761 e. The lowest BCUT2D eigenvalue weighted by atomic mass is 10.4. The molecule has 0 saturated carbocycles. The highest BCUT2D eigenvalue weighted by molar-refractivity contribution is 7.83. The Balaban J connectivity index is 2.45. The molecule has 0 aliphatic rings. The molecule has 5 radical (unpaired) electrons.